The van der Waals surface area contributed by atoms with E-state index in [0.717, 1.165) is 5.56 Å². The highest BCUT2D eigenvalue weighted by Gasteiger charge is 2.23. The molecule has 2 N–H and O–H groups in total. The van der Waals surface area contributed by atoms with Gasteiger partial charge < -0.3 is 14.8 Å². The van der Waals surface area contributed by atoms with E-state index in [-0.39, 0.29) is 17.1 Å². The minimum atomic E-state index is -3.82. The Morgan fingerprint density at radius 1 is 1.04 bits per heavy atom. The highest BCUT2D eigenvalue weighted by Crippen LogP contribution is 2.34. The van der Waals surface area contributed by atoms with Gasteiger partial charge in [-0.25, -0.2) is 8.42 Å². The summed E-state index contributed by atoms with van der Waals surface area (Å²) in [6, 6.07) is 10.7. The average Bonchev–Trinajstić information content (AvgIpc) is 3.08. The topological polar surface area (TPSA) is 93.7 Å². The van der Waals surface area contributed by atoms with Crippen LogP contribution in [0.2, 0.25) is 0 Å². The largest absolute Gasteiger partial charge is 0.454 e. The standard InChI is InChI=1S/C20H24N2O5S/c1-13(19(23)21-15-7-10-17-18(11-15)27-12-26-17)22-28(24,25)16-8-5-14(6-9-16)20(2,3)4/h5-11,13,22H,12H2,1-4H3,(H,21,23)/t13-/m1/s1. The lowest BCUT2D eigenvalue weighted by Gasteiger charge is -2.19. The summed E-state index contributed by atoms with van der Waals surface area (Å²) < 4.78 is 38.1. The molecule has 1 aliphatic rings. The molecule has 2 aromatic carbocycles. The van der Waals surface area contributed by atoms with E-state index >= 15 is 0 Å². The molecule has 7 nitrogen and oxygen atoms in total. The zero-order valence-electron chi connectivity index (χ0n) is 16.3. The van der Waals surface area contributed by atoms with E-state index in [9.17, 15) is 13.2 Å². The SMILES string of the molecule is C[C@@H](NS(=O)(=O)c1ccc(C(C)(C)C)cc1)C(=O)Nc1ccc2c(c1)OCO2. The van der Waals surface area contributed by atoms with Gasteiger partial charge in [0.25, 0.3) is 0 Å². The van der Waals surface area contributed by atoms with E-state index in [1.165, 1.54) is 6.92 Å². The van der Waals surface area contributed by atoms with Gasteiger partial charge in [0, 0.05) is 11.8 Å². The van der Waals surface area contributed by atoms with E-state index in [4.69, 9.17) is 9.47 Å². The molecule has 28 heavy (non-hydrogen) atoms. The number of hydrogen-bond acceptors (Lipinski definition) is 5. The van der Waals surface area contributed by atoms with Crippen molar-refractivity contribution in [3.63, 3.8) is 0 Å². The van der Waals surface area contributed by atoms with Crippen LogP contribution in [0.4, 0.5) is 5.69 Å². The van der Waals surface area contributed by atoms with Crippen LogP contribution in [0.3, 0.4) is 0 Å². The fourth-order valence-corrected chi connectivity index (χ4v) is 3.92. The third kappa shape index (κ3) is 4.45. The van der Waals surface area contributed by atoms with Gasteiger partial charge in [0.15, 0.2) is 11.5 Å². The van der Waals surface area contributed by atoms with Crippen LogP contribution in [-0.4, -0.2) is 27.2 Å². The van der Waals surface area contributed by atoms with Gasteiger partial charge in [-0.05, 0) is 42.2 Å². The fraction of sp³-hybridized carbons (Fsp3) is 0.350. The predicted octanol–water partition coefficient (Wildman–Crippen LogP) is 3.02. The predicted molar refractivity (Wildman–Crippen MR) is 106 cm³/mol. The first-order valence-electron chi connectivity index (χ1n) is 8.90. The molecule has 0 saturated carbocycles. The minimum Gasteiger partial charge on any atom is -0.454 e. The van der Waals surface area contributed by atoms with Crippen molar-refractivity contribution in [3.8, 4) is 11.5 Å². The Labute approximate surface area is 165 Å². The van der Waals surface area contributed by atoms with Crippen molar-refractivity contribution in [1.82, 2.24) is 4.72 Å². The van der Waals surface area contributed by atoms with E-state index in [1.54, 1.807) is 42.5 Å². The monoisotopic (exact) mass is 404 g/mol. The molecule has 0 spiro atoms. The number of benzene rings is 2. The van der Waals surface area contributed by atoms with Gasteiger partial charge in [0.2, 0.25) is 22.7 Å². The molecule has 0 aromatic heterocycles. The van der Waals surface area contributed by atoms with Crippen LogP contribution in [-0.2, 0) is 20.2 Å². The lowest BCUT2D eigenvalue weighted by atomic mass is 9.87. The summed E-state index contributed by atoms with van der Waals surface area (Å²) in [6.45, 7) is 7.78. The molecular formula is C20H24N2O5S. The number of sulfonamides is 1. The Kier molecular flexibility index (Phi) is 5.36. The summed E-state index contributed by atoms with van der Waals surface area (Å²) in [5.74, 6) is 0.657. The van der Waals surface area contributed by atoms with Crippen molar-refractivity contribution in [2.45, 2.75) is 44.0 Å². The number of hydrogen-bond donors (Lipinski definition) is 2. The molecule has 0 unspecified atom stereocenters. The second kappa shape index (κ2) is 7.44. The Morgan fingerprint density at radius 3 is 2.32 bits per heavy atom. The zero-order valence-corrected chi connectivity index (χ0v) is 17.1. The molecule has 8 heteroatoms. The second-order valence-corrected chi connectivity index (χ2v) is 9.39. The van der Waals surface area contributed by atoms with Crippen molar-refractivity contribution in [2.24, 2.45) is 0 Å². The first-order valence-corrected chi connectivity index (χ1v) is 10.4. The number of carbonyl (C=O) groups excluding carboxylic acids is 1. The number of amides is 1. The Morgan fingerprint density at radius 2 is 1.68 bits per heavy atom. The van der Waals surface area contributed by atoms with Crippen molar-refractivity contribution >= 4 is 21.6 Å². The van der Waals surface area contributed by atoms with Crippen molar-refractivity contribution in [1.29, 1.82) is 0 Å². The maximum atomic E-state index is 12.6. The third-order valence-electron chi connectivity index (χ3n) is 4.40. The molecule has 2 aromatic rings. The minimum absolute atomic E-state index is 0.0759. The maximum absolute atomic E-state index is 12.6. The molecule has 1 heterocycles. The van der Waals surface area contributed by atoms with Gasteiger partial charge in [0.05, 0.1) is 10.9 Å². The van der Waals surface area contributed by atoms with Crippen molar-refractivity contribution < 1.29 is 22.7 Å². The molecule has 1 amide bonds. The lowest BCUT2D eigenvalue weighted by molar-refractivity contribution is -0.117. The molecule has 0 fully saturated rings. The summed E-state index contributed by atoms with van der Waals surface area (Å²) >= 11 is 0. The Balaban J connectivity index is 1.67. The van der Waals surface area contributed by atoms with Gasteiger partial charge in [-0.3, -0.25) is 4.79 Å². The fourth-order valence-electron chi connectivity index (χ4n) is 2.71. The van der Waals surface area contributed by atoms with E-state index in [0.29, 0.717) is 17.2 Å². The lowest BCUT2D eigenvalue weighted by Crippen LogP contribution is -2.41. The number of anilines is 1. The van der Waals surface area contributed by atoms with Crippen LogP contribution >= 0.6 is 0 Å². The van der Waals surface area contributed by atoms with Crippen LogP contribution in [0.25, 0.3) is 0 Å². The molecule has 0 bridgehead atoms. The molecular weight excluding hydrogens is 380 g/mol. The van der Waals surface area contributed by atoms with Gasteiger partial charge >= 0.3 is 0 Å². The van der Waals surface area contributed by atoms with E-state index < -0.39 is 22.0 Å². The number of carbonyl (C=O) groups is 1. The van der Waals surface area contributed by atoms with Crippen molar-refractivity contribution in [2.75, 3.05) is 12.1 Å². The molecule has 3 rings (SSSR count). The molecule has 0 aliphatic carbocycles. The number of fused-ring (bicyclic) bond motifs is 1. The van der Waals surface area contributed by atoms with Crippen molar-refractivity contribution in [3.05, 3.63) is 48.0 Å². The van der Waals surface area contributed by atoms with Gasteiger partial charge in [-0.2, -0.15) is 4.72 Å². The maximum Gasteiger partial charge on any atom is 0.242 e. The first kappa shape index (κ1) is 20.2. The first-order chi connectivity index (χ1) is 13.1. The van der Waals surface area contributed by atoms with Crippen LogP contribution in [0, 0.1) is 0 Å². The van der Waals surface area contributed by atoms with Gasteiger partial charge in [0.1, 0.15) is 0 Å². The highest BCUT2D eigenvalue weighted by atomic mass is 32.2. The highest BCUT2D eigenvalue weighted by molar-refractivity contribution is 7.89. The number of nitrogens with one attached hydrogen (secondary N) is 2. The van der Waals surface area contributed by atoms with E-state index in [2.05, 4.69) is 30.8 Å². The van der Waals surface area contributed by atoms with Crippen LogP contribution < -0.4 is 19.5 Å². The van der Waals surface area contributed by atoms with Crippen LogP contribution in [0.15, 0.2) is 47.4 Å². The number of rotatable bonds is 5. The molecule has 0 saturated heterocycles. The zero-order chi connectivity index (χ0) is 20.5. The summed E-state index contributed by atoms with van der Waals surface area (Å²) in [6.07, 6.45) is 0. The normalized spacial score (nSPS) is 14.6. The molecule has 1 aliphatic heterocycles. The Hall–Kier alpha value is -2.58. The summed E-state index contributed by atoms with van der Waals surface area (Å²) in [7, 11) is -3.82. The molecule has 150 valence electrons. The second-order valence-electron chi connectivity index (χ2n) is 7.67. The quantitative estimate of drug-likeness (QED) is 0.799. The molecule has 0 radical (unpaired) electrons. The van der Waals surface area contributed by atoms with Gasteiger partial charge in [-0.1, -0.05) is 32.9 Å². The van der Waals surface area contributed by atoms with Crippen LogP contribution in [0.1, 0.15) is 33.3 Å². The summed E-state index contributed by atoms with van der Waals surface area (Å²) in [5, 5.41) is 2.67. The summed E-state index contributed by atoms with van der Waals surface area (Å²) in [5.41, 5.74) is 1.45. The molecule has 1 atom stereocenters. The average molecular weight is 404 g/mol. The van der Waals surface area contributed by atoms with E-state index in [1.807, 2.05) is 0 Å². The third-order valence-corrected chi connectivity index (χ3v) is 5.95. The van der Waals surface area contributed by atoms with Gasteiger partial charge in [-0.15, -0.1) is 0 Å². The van der Waals surface area contributed by atoms with Crippen LogP contribution in [0.5, 0.6) is 11.5 Å². The summed E-state index contributed by atoms with van der Waals surface area (Å²) in [4.78, 5) is 12.5. The Bertz CT molecular complexity index is 979. The number of ether oxygens (including phenoxy) is 2. The smallest absolute Gasteiger partial charge is 0.242 e.